The van der Waals surface area contributed by atoms with E-state index < -0.39 is 17.8 Å². The van der Waals surface area contributed by atoms with Gasteiger partial charge in [-0.25, -0.2) is 4.39 Å². The second-order valence-corrected chi connectivity index (χ2v) is 6.81. The molecule has 3 heterocycles. The summed E-state index contributed by atoms with van der Waals surface area (Å²) in [6.07, 6.45) is 1.98. The number of hydrogen-bond donors (Lipinski definition) is 1. The Labute approximate surface area is 159 Å². The fraction of sp³-hybridized carbons (Fsp3) is 0.263. The van der Waals surface area contributed by atoms with Gasteiger partial charge in [0.2, 0.25) is 11.8 Å². The maximum Gasteiger partial charge on any atom is 0.255 e. The van der Waals surface area contributed by atoms with Crippen LogP contribution in [0.15, 0.2) is 30.5 Å². The zero-order valence-electron chi connectivity index (χ0n) is 14.2. The van der Waals surface area contributed by atoms with Crippen LogP contribution in [0.2, 0.25) is 0 Å². The molecule has 0 saturated carbocycles. The van der Waals surface area contributed by atoms with E-state index in [4.69, 9.17) is 11.6 Å². The molecular weight excluding hydrogens is 373 g/mol. The molecule has 0 unspecified atom stereocenters. The van der Waals surface area contributed by atoms with Crippen molar-refractivity contribution in [3.05, 3.63) is 53.0 Å². The van der Waals surface area contributed by atoms with Gasteiger partial charge >= 0.3 is 0 Å². The second kappa shape index (κ2) is 6.74. The molecule has 0 bridgehead atoms. The predicted octanol–water partition coefficient (Wildman–Crippen LogP) is 2.39. The molecule has 1 N–H and O–H groups in total. The quantitative estimate of drug-likeness (QED) is 0.648. The van der Waals surface area contributed by atoms with E-state index >= 15 is 0 Å². The van der Waals surface area contributed by atoms with E-state index in [0.717, 1.165) is 0 Å². The van der Waals surface area contributed by atoms with Crippen molar-refractivity contribution in [2.75, 3.05) is 0 Å². The average Bonchev–Trinajstić information content (AvgIpc) is 2.98. The third-order valence-electron chi connectivity index (χ3n) is 4.91. The Morgan fingerprint density at radius 3 is 2.81 bits per heavy atom. The lowest BCUT2D eigenvalue weighted by Crippen LogP contribution is -2.52. The van der Waals surface area contributed by atoms with Gasteiger partial charge in [0.15, 0.2) is 5.82 Å². The van der Waals surface area contributed by atoms with Gasteiger partial charge in [-0.1, -0.05) is 6.07 Å². The van der Waals surface area contributed by atoms with E-state index in [2.05, 4.69) is 10.3 Å². The van der Waals surface area contributed by atoms with Crippen molar-refractivity contribution < 1.29 is 18.8 Å². The Bertz CT molecular complexity index is 979. The number of carbonyl (C=O) groups is 3. The third-order valence-corrected chi connectivity index (χ3v) is 5.20. The molecule has 8 heteroatoms. The van der Waals surface area contributed by atoms with Crippen LogP contribution in [0.3, 0.4) is 0 Å². The number of carbonyl (C=O) groups excluding carboxylic acids is 3. The highest BCUT2D eigenvalue weighted by molar-refractivity contribution is 6.17. The van der Waals surface area contributed by atoms with Crippen LogP contribution in [0.5, 0.6) is 0 Å². The highest BCUT2D eigenvalue weighted by Gasteiger charge is 2.39. The average molecular weight is 388 g/mol. The first kappa shape index (κ1) is 17.6. The maximum absolute atomic E-state index is 14.5. The lowest BCUT2D eigenvalue weighted by Gasteiger charge is -2.29. The van der Waals surface area contributed by atoms with Crippen molar-refractivity contribution in [3.63, 3.8) is 0 Å². The number of piperidine rings is 1. The van der Waals surface area contributed by atoms with Gasteiger partial charge in [-0.15, -0.1) is 11.6 Å². The minimum atomic E-state index is -0.680. The van der Waals surface area contributed by atoms with Gasteiger partial charge in [-0.05, 0) is 30.2 Å². The first-order valence-electron chi connectivity index (χ1n) is 8.47. The number of imide groups is 1. The first-order chi connectivity index (χ1) is 13.0. The molecule has 6 nitrogen and oxygen atoms in total. The van der Waals surface area contributed by atoms with Crippen LogP contribution in [0, 0.1) is 5.82 Å². The maximum atomic E-state index is 14.5. The van der Waals surface area contributed by atoms with Crippen molar-refractivity contribution >= 4 is 29.3 Å². The highest BCUT2D eigenvalue weighted by atomic mass is 35.5. The van der Waals surface area contributed by atoms with Gasteiger partial charge in [0.1, 0.15) is 11.7 Å². The van der Waals surface area contributed by atoms with Gasteiger partial charge in [-0.2, -0.15) is 0 Å². The molecule has 2 aliphatic rings. The van der Waals surface area contributed by atoms with Crippen molar-refractivity contribution in [1.82, 2.24) is 15.2 Å². The van der Waals surface area contributed by atoms with Crippen LogP contribution >= 0.6 is 11.6 Å². The van der Waals surface area contributed by atoms with E-state index in [-0.39, 0.29) is 36.4 Å². The summed E-state index contributed by atoms with van der Waals surface area (Å²) in [5, 5.41) is 2.27. The number of amides is 3. The molecule has 138 valence electrons. The summed E-state index contributed by atoms with van der Waals surface area (Å²) in [4.78, 5) is 41.7. The Hall–Kier alpha value is -2.80. The zero-order chi connectivity index (χ0) is 19.1. The molecule has 1 saturated heterocycles. The van der Waals surface area contributed by atoms with Crippen molar-refractivity contribution in [1.29, 1.82) is 0 Å². The lowest BCUT2D eigenvalue weighted by molar-refractivity contribution is -0.136. The van der Waals surface area contributed by atoms with Gasteiger partial charge in [0.05, 0.1) is 5.88 Å². The van der Waals surface area contributed by atoms with E-state index in [1.807, 2.05) is 0 Å². The summed E-state index contributed by atoms with van der Waals surface area (Å²) in [6.45, 7) is 0.227. The summed E-state index contributed by atoms with van der Waals surface area (Å²) < 4.78 is 14.5. The molecule has 27 heavy (non-hydrogen) atoms. The molecule has 2 aromatic rings. The molecule has 3 amide bonds. The molecule has 0 aliphatic carbocycles. The topological polar surface area (TPSA) is 79.4 Å². The fourth-order valence-corrected chi connectivity index (χ4v) is 3.72. The molecule has 1 atom stereocenters. The molecule has 0 radical (unpaired) electrons. The third kappa shape index (κ3) is 2.98. The largest absolute Gasteiger partial charge is 0.322 e. The number of fused-ring (bicyclic) bond motifs is 1. The number of nitrogens with zero attached hydrogens (tertiary/aromatic N) is 2. The molecule has 1 fully saturated rings. The van der Waals surface area contributed by atoms with Crippen LogP contribution in [-0.4, -0.2) is 33.6 Å². The second-order valence-electron chi connectivity index (χ2n) is 6.54. The predicted molar refractivity (Wildman–Crippen MR) is 95.2 cm³/mol. The molecular formula is C19H15ClFN3O3. The van der Waals surface area contributed by atoms with E-state index in [0.29, 0.717) is 28.7 Å². The monoisotopic (exact) mass is 387 g/mol. The van der Waals surface area contributed by atoms with Crippen LogP contribution in [-0.2, 0) is 22.0 Å². The van der Waals surface area contributed by atoms with Gasteiger partial charge in [-0.3, -0.25) is 24.7 Å². The number of aromatic nitrogens is 1. The summed E-state index contributed by atoms with van der Waals surface area (Å²) in [5.41, 5.74) is 2.22. The van der Waals surface area contributed by atoms with Crippen LogP contribution in [0.4, 0.5) is 4.39 Å². The number of benzene rings is 1. The van der Waals surface area contributed by atoms with Gasteiger partial charge in [0, 0.05) is 35.9 Å². The smallest absolute Gasteiger partial charge is 0.255 e. The lowest BCUT2D eigenvalue weighted by atomic mass is 10.0. The normalized spacial score (nSPS) is 19.3. The number of rotatable bonds is 3. The Kier molecular flexibility index (Phi) is 4.39. The van der Waals surface area contributed by atoms with Gasteiger partial charge in [0.25, 0.3) is 5.91 Å². The molecule has 1 aromatic heterocycles. The van der Waals surface area contributed by atoms with Crippen molar-refractivity contribution in [3.8, 4) is 11.3 Å². The fourth-order valence-electron chi connectivity index (χ4n) is 3.51. The summed E-state index contributed by atoms with van der Waals surface area (Å²) in [7, 11) is 0. The molecule has 4 rings (SSSR count). The zero-order valence-corrected chi connectivity index (χ0v) is 14.9. The van der Waals surface area contributed by atoms with E-state index in [1.165, 1.54) is 17.2 Å². The van der Waals surface area contributed by atoms with Crippen LogP contribution < -0.4 is 5.32 Å². The highest BCUT2D eigenvalue weighted by Crippen LogP contribution is 2.32. The Balaban J connectivity index is 1.65. The molecule has 0 spiro atoms. The van der Waals surface area contributed by atoms with Crippen molar-refractivity contribution in [2.45, 2.75) is 31.3 Å². The Morgan fingerprint density at radius 1 is 1.26 bits per heavy atom. The summed E-state index contributed by atoms with van der Waals surface area (Å²) in [6, 6.07) is 5.80. The number of halogens is 2. The number of alkyl halides is 1. The summed E-state index contributed by atoms with van der Waals surface area (Å²) >= 11 is 5.75. The Morgan fingerprint density at radius 2 is 2.07 bits per heavy atom. The minimum Gasteiger partial charge on any atom is -0.322 e. The van der Waals surface area contributed by atoms with Crippen LogP contribution in [0.25, 0.3) is 11.3 Å². The standard InChI is InChI=1S/C19H15ClFN3O3/c20-8-11-5-6-22-17(16(11)21)10-1-2-13-12(7-10)9-24(19(13)27)14-3-4-15(25)23-18(14)26/h1-2,5-7,14H,3-4,8-9H2,(H,23,25,26)/t14-/m0/s1. The number of nitrogens with one attached hydrogen (secondary N) is 1. The molecule has 2 aliphatic heterocycles. The SMILES string of the molecule is O=C1CC[C@H](N2Cc3cc(-c4nccc(CCl)c4F)ccc3C2=O)C(=O)N1. The minimum absolute atomic E-state index is 0.0358. The number of hydrogen-bond acceptors (Lipinski definition) is 4. The summed E-state index contributed by atoms with van der Waals surface area (Å²) in [5.74, 6) is -1.51. The van der Waals surface area contributed by atoms with Crippen LogP contribution in [0.1, 0.15) is 34.3 Å². The van der Waals surface area contributed by atoms with E-state index in [9.17, 15) is 18.8 Å². The van der Waals surface area contributed by atoms with Crippen molar-refractivity contribution in [2.24, 2.45) is 0 Å². The number of pyridine rings is 1. The first-order valence-corrected chi connectivity index (χ1v) is 9.00. The van der Waals surface area contributed by atoms with Gasteiger partial charge < -0.3 is 4.90 Å². The molecule has 1 aromatic carbocycles. The van der Waals surface area contributed by atoms with E-state index in [1.54, 1.807) is 18.2 Å².